The van der Waals surface area contributed by atoms with Crippen molar-refractivity contribution in [3.8, 4) is 17.5 Å². The van der Waals surface area contributed by atoms with Crippen molar-refractivity contribution in [2.75, 3.05) is 12.4 Å². The molecule has 0 atom stereocenters. The van der Waals surface area contributed by atoms with Crippen LogP contribution in [-0.2, 0) is 4.79 Å². The summed E-state index contributed by atoms with van der Waals surface area (Å²) < 4.78 is 7.20. The van der Waals surface area contributed by atoms with Gasteiger partial charge in [-0.15, -0.1) is 11.3 Å². The van der Waals surface area contributed by atoms with E-state index in [-0.39, 0.29) is 15.8 Å². The Morgan fingerprint density at radius 1 is 1.06 bits per heavy atom. The Hall–Kier alpha value is -4.12. The molecule has 0 fully saturated rings. The lowest BCUT2D eigenvalue weighted by atomic mass is 10.2. The van der Waals surface area contributed by atoms with Crippen LogP contribution in [0.15, 0.2) is 83.7 Å². The normalized spacial score (nSPS) is 12.1. The molecule has 3 aromatic carbocycles. The van der Waals surface area contributed by atoms with Crippen LogP contribution in [0.1, 0.15) is 5.56 Å². The monoisotopic (exact) mass is 487 g/mol. The molecule has 0 spiro atoms. The minimum Gasteiger partial charge on any atom is -0.495 e. The Morgan fingerprint density at radius 2 is 1.74 bits per heavy atom. The molecule has 1 aromatic heterocycles. The second-order valence-electron chi connectivity index (χ2n) is 7.05. The van der Waals surface area contributed by atoms with E-state index in [1.54, 1.807) is 72.8 Å². The highest BCUT2D eigenvalue weighted by molar-refractivity contribution is 7.07. The molecule has 0 aliphatic heterocycles. The maximum Gasteiger partial charge on any atom is 0.273 e. The number of amides is 1. The first-order valence-electron chi connectivity index (χ1n) is 10.2. The highest BCUT2D eigenvalue weighted by Gasteiger charge is 2.18. The summed E-state index contributed by atoms with van der Waals surface area (Å²) >= 11 is 7.33. The Labute approximate surface area is 204 Å². The molecule has 0 saturated heterocycles. The lowest BCUT2D eigenvalue weighted by Crippen LogP contribution is -2.32. The smallest absolute Gasteiger partial charge is 0.273 e. The lowest BCUT2D eigenvalue weighted by Gasteiger charge is -2.09. The number of methoxy groups -OCH3 is 1. The third-order valence-electron chi connectivity index (χ3n) is 4.94. The van der Waals surface area contributed by atoms with Crippen molar-refractivity contribution in [1.82, 2.24) is 4.57 Å². The maximum absolute atomic E-state index is 13.4. The van der Waals surface area contributed by atoms with E-state index in [0.717, 1.165) is 11.3 Å². The number of nitrogens with one attached hydrogen (secondary N) is 1. The minimum atomic E-state index is -0.651. The number of rotatable bonds is 5. The Morgan fingerprint density at radius 3 is 2.44 bits per heavy atom. The third kappa shape index (κ3) is 4.64. The number of ether oxygens (including phenoxy) is 1. The van der Waals surface area contributed by atoms with E-state index in [9.17, 15) is 14.9 Å². The fraction of sp³-hybridized carbons (Fsp3) is 0.0385. The van der Waals surface area contributed by atoms with Gasteiger partial charge in [0.25, 0.3) is 11.5 Å². The van der Waals surface area contributed by atoms with Crippen molar-refractivity contribution in [1.29, 1.82) is 5.26 Å². The minimum absolute atomic E-state index is 0.198. The predicted molar refractivity (Wildman–Crippen MR) is 135 cm³/mol. The SMILES string of the molecule is COc1ccccc1NC(=O)/C(C#N)=c1\s/c(=C/c2ccccc2Cl)c(=O)n1-c1ccccc1. The molecule has 0 unspecified atom stereocenters. The zero-order chi connectivity index (χ0) is 24.1. The number of carbonyl (C=O) groups is 1. The Kier molecular flexibility index (Phi) is 6.93. The van der Waals surface area contributed by atoms with Gasteiger partial charge < -0.3 is 10.1 Å². The number of carbonyl (C=O) groups excluding carboxylic acids is 1. The van der Waals surface area contributed by atoms with Crippen LogP contribution in [-0.4, -0.2) is 17.6 Å². The summed E-state index contributed by atoms with van der Waals surface area (Å²) in [6.07, 6.45) is 1.66. The zero-order valence-corrected chi connectivity index (χ0v) is 19.6. The number of benzene rings is 3. The van der Waals surface area contributed by atoms with E-state index < -0.39 is 5.91 Å². The fourth-order valence-electron chi connectivity index (χ4n) is 3.32. The van der Waals surface area contributed by atoms with E-state index >= 15 is 0 Å². The van der Waals surface area contributed by atoms with Crippen molar-refractivity contribution < 1.29 is 9.53 Å². The first-order chi connectivity index (χ1) is 16.5. The number of nitrogens with zero attached hydrogens (tertiary/aromatic N) is 2. The Bertz CT molecular complexity index is 1580. The number of nitriles is 1. The van der Waals surface area contributed by atoms with Gasteiger partial charge in [0.15, 0.2) is 5.57 Å². The van der Waals surface area contributed by atoms with Crippen molar-refractivity contribution in [3.05, 3.63) is 109 Å². The van der Waals surface area contributed by atoms with Gasteiger partial charge >= 0.3 is 0 Å². The van der Waals surface area contributed by atoms with E-state index in [4.69, 9.17) is 16.3 Å². The molecule has 0 bridgehead atoms. The summed E-state index contributed by atoms with van der Waals surface area (Å²) in [6, 6.07) is 24.8. The molecule has 4 rings (SSSR count). The number of anilines is 1. The summed E-state index contributed by atoms with van der Waals surface area (Å²) in [7, 11) is 1.49. The largest absolute Gasteiger partial charge is 0.495 e. The summed E-state index contributed by atoms with van der Waals surface area (Å²) in [5.74, 6) is -0.199. The molecule has 4 aromatic rings. The van der Waals surface area contributed by atoms with E-state index in [0.29, 0.717) is 32.2 Å². The van der Waals surface area contributed by atoms with Crippen molar-refractivity contribution >= 4 is 46.2 Å². The average molecular weight is 488 g/mol. The summed E-state index contributed by atoms with van der Waals surface area (Å²) in [5, 5.41) is 13.1. The van der Waals surface area contributed by atoms with Crippen LogP contribution in [0.3, 0.4) is 0 Å². The van der Waals surface area contributed by atoms with Gasteiger partial charge in [-0.2, -0.15) is 5.26 Å². The zero-order valence-electron chi connectivity index (χ0n) is 18.0. The number of para-hydroxylation sites is 3. The molecule has 1 amide bonds. The lowest BCUT2D eigenvalue weighted by molar-refractivity contribution is -0.111. The van der Waals surface area contributed by atoms with Crippen LogP contribution < -0.4 is 24.8 Å². The molecule has 168 valence electrons. The van der Waals surface area contributed by atoms with E-state index in [1.165, 1.54) is 11.7 Å². The molecule has 0 aliphatic carbocycles. The fourth-order valence-corrected chi connectivity index (χ4v) is 4.61. The molecule has 1 heterocycles. The quantitative estimate of drug-likeness (QED) is 0.465. The van der Waals surface area contributed by atoms with Crippen LogP contribution >= 0.6 is 22.9 Å². The van der Waals surface area contributed by atoms with E-state index in [1.807, 2.05) is 18.2 Å². The average Bonchev–Trinajstić information content (AvgIpc) is 3.17. The van der Waals surface area contributed by atoms with Gasteiger partial charge in [0, 0.05) is 5.02 Å². The third-order valence-corrected chi connectivity index (χ3v) is 6.37. The van der Waals surface area contributed by atoms with Crippen LogP contribution in [0.25, 0.3) is 17.3 Å². The number of aromatic nitrogens is 1. The molecule has 6 nitrogen and oxygen atoms in total. The Balaban J connectivity index is 1.97. The molecule has 0 aliphatic rings. The number of hydrogen-bond donors (Lipinski definition) is 1. The van der Waals surface area contributed by atoms with Crippen LogP contribution in [0.5, 0.6) is 5.75 Å². The van der Waals surface area contributed by atoms with Crippen LogP contribution in [0.4, 0.5) is 5.69 Å². The second-order valence-corrected chi connectivity index (χ2v) is 8.49. The highest BCUT2D eigenvalue weighted by atomic mass is 35.5. The maximum atomic E-state index is 13.4. The van der Waals surface area contributed by atoms with Crippen molar-refractivity contribution in [3.63, 3.8) is 0 Å². The molecule has 1 N–H and O–H groups in total. The topological polar surface area (TPSA) is 84.1 Å². The van der Waals surface area contributed by atoms with Gasteiger partial charge in [0.2, 0.25) is 0 Å². The molecule has 0 radical (unpaired) electrons. The van der Waals surface area contributed by atoms with Crippen molar-refractivity contribution in [2.24, 2.45) is 0 Å². The van der Waals surface area contributed by atoms with Gasteiger partial charge in [-0.05, 0) is 42.0 Å². The van der Waals surface area contributed by atoms with Gasteiger partial charge in [-0.1, -0.05) is 60.1 Å². The van der Waals surface area contributed by atoms with Gasteiger partial charge in [0.1, 0.15) is 16.5 Å². The predicted octanol–water partition coefficient (Wildman–Crippen LogP) is 3.70. The summed E-state index contributed by atoms with van der Waals surface area (Å²) in [4.78, 5) is 26.6. The second kappa shape index (κ2) is 10.2. The number of hydrogen-bond acceptors (Lipinski definition) is 5. The van der Waals surface area contributed by atoms with Crippen LogP contribution in [0.2, 0.25) is 5.02 Å². The van der Waals surface area contributed by atoms with Gasteiger partial charge in [0.05, 0.1) is 23.0 Å². The molecule has 8 heteroatoms. The first kappa shape index (κ1) is 23.1. The number of thiazole rings is 1. The summed E-state index contributed by atoms with van der Waals surface area (Å²) in [5.41, 5.74) is 1.05. The van der Waals surface area contributed by atoms with Crippen molar-refractivity contribution in [2.45, 2.75) is 0 Å². The van der Waals surface area contributed by atoms with Gasteiger partial charge in [-0.25, -0.2) is 0 Å². The number of halogens is 1. The molecular weight excluding hydrogens is 470 g/mol. The van der Waals surface area contributed by atoms with E-state index in [2.05, 4.69) is 5.32 Å². The summed E-state index contributed by atoms with van der Waals surface area (Å²) in [6.45, 7) is 0. The standard InChI is InChI=1S/C26H18ClN3O3S/c1-33-22-14-8-7-13-21(22)29-24(31)19(16-28)26-30(18-10-3-2-4-11-18)25(32)23(34-26)15-17-9-5-6-12-20(17)27/h2-15H,1H3,(H,29,31)/b23-15+,26-19-. The van der Waals surface area contributed by atoms with Crippen LogP contribution in [0, 0.1) is 11.3 Å². The molecule has 0 saturated carbocycles. The molecule has 34 heavy (non-hydrogen) atoms. The highest BCUT2D eigenvalue weighted by Crippen LogP contribution is 2.23. The van der Waals surface area contributed by atoms with Gasteiger partial charge in [-0.3, -0.25) is 14.2 Å². The molecular formula is C26H18ClN3O3S. The first-order valence-corrected chi connectivity index (χ1v) is 11.3.